The predicted octanol–water partition coefficient (Wildman–Crippen LogP) is 6.53. The molecule has 1 fully saturated rings. The summed E-state index contributed by atoms with van der Waals surface area (Å²) in [5.41, 5.74) is 1.81. The summed E-state index contributed by atoms with van der Waals surface area (Å²) in [5, 5.41) is 21.2. The normalized spacial score (nSPS) is 17.9. The van der Waals surface area contributed by atoms with E-state index in [1.165, 1.54) is 28.0 Å². The molecule has 1 amide bonds. The number of anilines is 1. The van der Waals surface area contributed by atoms with Crippen molar-refractivity contribution in [1.82, 2.24) is 10.2 Å². The van der Waals surface area contributed by atoms with E-state index in [-0.39, 0.29) is 16.5 Å². The predicted molar refractivity (Wildman–Crippen MR) is 155 cm³/mol. The fourth-order valence-corrected chi connectivity index (χ4v) is 6.60. The Bertz CT molecular complexity index is 1660. The van der Waals surface area contributed by atoms with E-state index >= 15 is 0 Å². The number of fused-ring (bicyclic) bond motifs is 1. The number of hydrogen-bond donors (Lipinski definition) is 1. The number of carbonyl (C=O) groups is 2. The number of amides is 1. The second-order valence-electron chi connectivity index (χ2n) is 8.85. The van der Waals surface area contributed by atoms with Crippen LogP contribution in [0.25, 0.3) is 5.76 Å². The number of ketones is 1. The summed E-state index contributed by atoms with van der Waals surface area (Å²) in [6.07, 6.45) is 0. The fourth-order valence-electron chi connectivity index (χ4n) is 4.45. The van der Waals surface area contributed by atoms with Crippen LogP contribution in [0.5, 0.6) is 11.5 Å². The molecule has 12 heteroatoms. The number of aliphatic hydroxyl groups is 1. The SMILES string of the molecule is O=C1C(=O)N(c2nnc(SCc3ccc(Cl)cc3)s2)[C@@H](c2cccc(Cl)c2)C1=C(O)c1ccc2c(c1)OCCO2. The Hall–Kier alpha value is -3.57. The molecule has 4 aromatic rings. The number of benzene rings is 3. The number of halogens is 2. The molecular weight excluding hydrogens is 593 g/mol. The number of rotatable bonds is 6. The Morgan fingerprint density at radius 2 is 1.75 bits per heavy atom. The van der Waals surface area contributed by atoms with E-state index in [0.717, 1.165) is 5.56 Å². The Morgan fingerprint density at radius 1 is 0.975 bits per heavy atom. The molecule has 40 heavy (non-hydrogen) atoms. The standard InChI is InChI=1S/C28H19Cl2N3O5S2/c29-18-7-4-15(5-8-18)14-39-28-32-31-27(40-28)33-23(16-2-1-3-19(30)12-16)22(25(35)26(33)36)24(34)17-6-9-20-21(13-17)38-11-10-37-20/h1-9,12-13,23,34H,10-11,14H2/t23-/m0/s1. The van der Waals surface area contributed by atoms with E-state index in [2.05, 4.69) is 10.2 Å². The lowest BCUT2D eigenvalue weighted by atomic mass is 9.95. The lowest BCUT2D eigenvalue weighted by Gasteiger charge is -2.23. The second-order valence-corrected chi connectivity index (χ2v) is 11.9. The number of carbonyl (C=O) groups excluding carboxylic acids is 2. The maximum atomic E-state index is 13.4. The number of nitrogens with zero attached hydrogens (tertiary/aromatic N) is 3. The van der Waals surface area contributed by atoms with Crippen molar-refractivity contribution in [1.29, 1.82) is 0 Å². The maximum Gasteiger partial charge on any atom is 0.301 e. The summed E-state index contributed by atoms with van der Waals surface area (Å²) in [7, 11) is 0. The Morgan fingerprint density at radius 3 is 2.52 bits per heavy atom. The third-order valence-corrected chi connectivity index (χ3v) is 8.92. The van der Waals surface area contributed by atoms with Crippen molar-refractivity contribution in [3.8, 4) is 11.5 Å². The molecule has 2 aliphatic rings. The molecule has 1 saturated heterocycles. The van der Waals surface area contributed by atoms with Crippen molar-refractivity contribution in [2.75, 3.05) is 18.1 Å². The van der Waals surface area contributed by atoms with Crippen molar-refractivity contribution in [3.05, 3.63) is 99.0 Å². The topological polar surface area (TPSA) is 102 Å². The second kappa shape index (κ2) is 11.1. The van der Waals surface area contributed by atoms with Crippen molar-refractivity contribution < 1.29 is 24.2 Å². The molecule has 0 saturated carbocycles. The van der Waals surface area contributed by atoms with E-state index in [0.29, 0.717) is 56.0 Å². The van der Waals surface area contributed by atoms with E-state index in [1.54, 1.807) is 42.5 Å². The van der Waals surface area contributed by atoms with Gasteiger partial charge in [0, 0.05) is 21.4 Å². The molecule has 0 spiro atoms. The van der Waals surface area contributed by atoms with Crippen LogP contribution in [0.3, 0.4) is 0 Å². The van der Waals surface area contributed by atoms with E-state index < -0.39 is 17.7 Å². The van der Waals surface area contributed by atoms with Crippen molar-refractivity contribution in [2.45, 2.75) is 16.1 Å². The van der Waals surface area contributed by atoms with E-state index in [1.807, 2.05) is 24.3 Å². The van der Waals surface area contributed by atoms with E-state index in [4.69, 9.17) is 32.7 Å². The van der Waals surface area contributed by atoms with Crippen LogP contribution in [0, 0.1) is 0 Å². The molecule has 6 rings (SSSR count). The molecule has 202 valence electrons. The van der Waals surface area contributed by atoms with Crippen molar-refractivity contribution >= 4 is 68.9 Å². The highest BCUT2D eigenvalue weighted by atomic mass is 35.5. The fraction of sp³-hybridized carbons (Fsp3) is 0.143. The van der Waals surface area contributed by atoms with Crippen LogP contribution in [0.1, 0.15) is 22.7 Å². The molecular formula is C28H19Cl2N3O5S2. The lowest BCUT2D eigenvalue weighted by molar-refractivity contribution is -0.132. The van der Waals surface area contributed by atoms with Gasteiger partial charge in [0.15, 0.2) is 15.8 Å². The number of ether oxygens (including phenoxy) is 2. The number of hydrogen-bond acceptors (Lipinski definition) is 9. The van der Waals surface area contributed by atoms with Crippen LogP contribution in [-0.2, 0) is 15.3 Å². The third kappa shape index (κ3) is 5.15. The lowest BCUT2D eigenvalue weighted by Crippen LogP contribution is -2.29. The molecule has 3 heterocycles. The number of aliphatic hydroxyl groups excluding tert-OH is 1. The highest BCUT2D eigenvalue weighted by Crippen LogP contribution is 2.45. The van der Waals surface area contributed by atoms with Crippen LogP contribution < -0.4 is 14.4 Å². The van der Waals surface area contributed by atoms with Gasteiger partial charge in [0.25, 0.3) is 5.78 Å². The first-order valence-corrected chi connectivity index (χ1v) is 14.6. The highest BCUT2D eigenvalue weighted by Gasteiger charge is 2.48. The summed E-state index contributed by atoms with van der Waals surface area (Å²) in [6.45, 7) is 0.777. The zero-order valence-electron chi connectivity index (χ0n) is 20.5. The average Bonchev–Trinajstić information content (AvgIpc) is 3.54. The van der Waals surface area contributed by atoms with Gasteiger partial charge in [-0.15, -0.1) is 10.2 Å². The molecule has 0 aliphatic carbocycles. The van der Waals surface area contributed by atoms with Gasteiger partial charge in [-0.3, -0.25) is 14.5 Å². The highest BCUT2D eigenvalue weighted by molar-refractivity contribution is 8.00. The summed E-state index contributed by atoms with van der Waals surface area (Å²) in [4.78, 5) is 28.2. The minimum absolute atomic E-state index is 0.0884. The molecule has 2 aliphatic heterocycles. The van der Waals surface area contributed by atoms with Crippen LogP contribution in [-0.4, -0.2) is 40.2 Å². The van der Waals surface area contributed by atoms with Gasteiger partial charge >= 0.3 is 5.91 Å². The van der Waals surface area contributed by atoms with Gasteiger partial charge in [-0.25, -0.2) is 0 Å². The minimum atomic E-state index is -0.978. The van der Waals surface area contributed by atoms with Crippen molar-refractivity contribution in [3.63, 3.8) is 0 Å². The molecule has 1 N–H and O–H groups in total. The third-order valence-electron chi connectivity index (χ3n) is 6.30. The van der Waals surface area contributed by atoms with Crippen LogP contribution in [0.15, 0.2) is 76.6 Å². The summed E-state index contributed by atoms with van der Waals surface area (Å²) in [6, 6.07) is 18.2. The van der Waals surface area contributed by atoms with E-state index in [9.17, 15) is 14.7 Å². The van der Waals surface area contributed by atoms with Crippen LogP contribution in [0.4, 0.5) is 5.13 Å². The Labute approximate surface area is 247 Å². The van der Waals surface area contributed by atoms with Gasteiger partial charge in [-0.1, -0.05) is 70.6 Å². The molecule has 0 unspecified atom stereocenters. The first-order chi connectivity index (χ1) is 19.4. The van der Waals surface area contributed by atoms with Gasteiger partial charge in [0.1, 0.15) is 19.0 Å². The van der Waals surface area contributed by atoms with Gasteiger partial charge in [0.05, 0.1) is 11.6 Å². The Balaban J connectivity index is 1.38. The molecule has 8 nitrogen and oxygen atoms in total. The zero-order valence-corrected chi connectivity index (χ0v) is 23.7. The summed E-state index contributed by atoms with van der Waals surface area (Å²) < 4.78 is 11.8. The number of aromatic nitrogens is 2. The van der Waals surface area contributed by atoms with Gasteiger partial charge in [-0.2, -0.15) is 0 Å². The quantitative estimate of drug-likeness (QED) is 0.0862. The zero-order chi connectivity index (χ0) is 27.8. The molecule has 1 aromatic heterocycles. The maximum absolute atomic E-state index is 13.4. The first-order valence-electron chi connectivity index (χ1n) is 12.1. The monoisotopic (exact) mass is 611 g/mol. The molecule has 0 radical (unpaired) electrons. The summed E-state index contributed by atoms with van der Waals surface area (Å²) >= 11 is 14.9. The van der Waals surface area contributed by atoms with Gasteiger partial charge in [-0.05, 0) is 53.6 Å². The van der Waals surface area contributed by atoms with Crippen LogP contribution in [0.2, 0.25) is 10.0 Å². The number of Topliss-reactive ketones (excluding diaryl/α,β-unsaturated/α-hetero) is 1. The summed E-state index contributed by atoms with van der Waals surface area (Å²) in [5.74, 6) is -0.420. The average molecular weight is 613 g/mol. The Kier molecular flexibility index (Phi) is 7.41. The molecule has 0 bridgehead atoms. The number of thioether (sulfide) groups is 1. The molecule has 1 atom stereocenters. The largest absolute Gasteiger partial charge is 0.507 e. The minimum Gasteiger partial charge on any atom is -0.507 e. The van der Waals surface area contributed by atoms with Gasteiger partial charge < -0.3 is 14.6 Å². The van der Waals surface area contributed by atoms with Gasteiger partial charge in [0.2, 0.25) is 5.13 Å². The first kappa shape index (κ1) is 26.6. The molecule has 3 aromatic carbocycles. The van der Waals surface area contributed by atoms with Crippen LogP contribution >= 0.6 is 46.3 Å². The van der Waals surface area contributed by atoms with Crippen molar-refractivity contribution in [2.24, 2.45) is 0 Å². The smallest absolute Gasteiger partial charge is 0.301 e.